The number of carbonyl (C=O) groups is 1. The number of hydrogen-bond donors (Lipinski definition) is 1. The van der Waals surface area contributed by atoms with Crippen LogP contribution in [-0.2, 0) is 16.2 Å². The van der Waals surface area contributed by atoms with E-state index in [4.69, 9.17) is 9.57 Å². The first kappa shape index (κ1) is 17.7. The van der Waals surface area contributed by atoms with Gasteiger partial charge in [0.15, 0.2) is 0 Å². The highest BCUT2D eigenvalue weighted by Crippen LogP contribution is 2.14. The van der Waals surface area contributed by atoms with Crippen molar-refractivity contribution < 1.29 is 14.4 Å². The fraction of sp³-hybridized carbons (Fsp3) is 0.250. The Hall–Kier alpha value is -3.15. The Morgan fingerprint density at radius 2 is 1.85 bits per heavy atom. The highest BCUT2D eigenvalue weighted by Gasteiger charge is 2.14. The Bertz CT molecular complexity index is 824. The van der Waals surface area contributed by atoms with Crippen molar-refractivity contribution in [3.8, 4) is 5.75 Å². The van der Waals surface area contributed by atoms with Gasteiger partial charge in [-0.05, 0) is 49.2 Å². The maximum Gasteiger partial charge on any atom is 0.245 e. The largest absolute Gasteiger partial charge is 0.488 e. The van der Waals surface area contributed by atoms with Crippen molar-refractivity contribution in [2.24, 2.45) is 10.3 Å². The zero-order valence-electron chi connectivity index (χ0n) is 14.9. The summed E-state index contributed by atoms with van der Waals surface area (Å²) in [5.41, 5.74) is 7.15. The van der Waals surface area contributed by atoms with E-state index in [9.17, 15) is 4.79 Å². The second kappa shape index (κ2) is 8.29. The van der Waals surface area contributed by atoms with E-state index in [1.165, 1.54) is 5.56 Å². The van der Waals surface area contributed by atoms with Crippen LogP contribution < -0.4 is 10.2 Å². The van der Waals surface area contributed by atoms with Crippen molar-refractivity contribution in [1.82, 2.24) is 5.43 Å². The molecule has 1 heterocycles. The molecule has 134 valence electrons. The molecule has 0 fully saturated rings. The van der Waals surface area contributed by atoms with Gasteiger partial charge in [0, 0.05) is 0 Å². The Labute approximate surface area is 152 Å². The maximum absolute atomic E-state index is 11.1. The van der Waals surface area contributed by atoms with Crippen LogP contribution in [0, 0.1) is 6.92 Å². The number of hydrogen-bond acceptors (Lipinski definition) is 5. The maximum atomic E-state index is 11.1. The van der Waals surface area contributed by atoms with Crippen molar-refractivity contribution >= 4 is 17.3 Å². The highest BCUT2D eigenvalue weighted by molar-refractivity contribution is 6.05. The third-order valence-electron chi connectivity index (χ3n) is 3.93. The second-order valence-electron chi connectivity index (χ2n) is 6.14. The number of benzene rings is 2. The van der Waals surface area contributed by atoms with Crippen molar-refractivity contribution in [1.29, 1.82) is 0 Å². The van der Waals surface area contributed by atoms with Crippen LogP contribution in [0.5, 0.6) is 5.75 Å². The van der Waals surface area contributed by atoms with Crippen LogP contribution in [0.2, 0.25) is 0 Å². The standard InChI is InChI=1S/C20H21N3O3/c1-14-3-5-16(6-4-14)12-26-23-15(2)17-7-9-19(10-8-17)25-13-18-11-20(24)22-21-18/h3-10H,11-13H2,1-2H3,(H,22,24)/b23-15+. The number of nitrogens with one attached hydrogen (secondary N) is 1. The molecule has 0 saturated heterocycles. The number of carbonyl (C=O) groups excluding carboxylic acids is 1. The van der Waals surface area contributed by atoms with Crippen molar-refractivity contribution in [3.63, 3.8) is 0 Å². The van der Waals surface area contributed by atoms with Gasteiger partial charge in [0.25, 0.3) is 0 Å². The quantitative estimate of drug-likeness (QED) is 0.615. The smallest absolute Gasteiger partial charge is 0.245 e. The molecule has 1 amide bonds. The average molecular weight is 351 g/mol. The molecule has 0 spiro atoms. The van der Waals surface area contributed by atoms with Gasteiger partial charge < -0.3 is 9.57 Å². The van der Waals surface area contributed by atoms with Crippen LogP contribution in [0.4, 0.5) is 0 Å². The molecule has 1 aliphatic rings. The van der Waals surface area contributed by atoms with E-state index in [0.29, 0.717) is 31.1 Å². The summed E-state index contributed by atoms with van der Waals surface area (Å²) in [4.78, 5) is 16.5. The molecule has 0 aromatic heterocycles. The topological polar surface area (TPSA) is 72.3 Å². The van der Waals surface area contributed by atoms with Crippen LogP contribution in [0.3, 0.4) is 0 Å². The molecule has 0 bridgehead atoms. The lowest BCUT2D eigenvalue weighted by Gasteiger charge is -2.07. The van der Waals surface area contributed by atoms with E-state index in [1.54, 1.807) is 0 Å². The zero-order valence-corrected chi connectivity index (χ0v) is 14.9. The Balaban J connectivity index is 1.50. The van der Waals surface area contributed by atoms with Crippen LogP contribution in [0.1, 0.15) is 30.0 Å². The van der Waals surface area contributed by atoms with Crippen molar-refractivity contribution in [2.75, 3.05) is 6.61 Å². The molecule has 2 aromatic carbocycles. The van der Waals surface area contributed by atoms with E-state index in [1.807, 2.05) is 43.3 Å². The lowest BCUT2D eigenvalue weighted by Crippen LogP contribution is -2.12. The first-order valence-electron chi connectivity index (χ1n) is 8.40. The Kier molecular flexibility index (Phi) is 5.63. The van der Waals surface area contributed by atoms with Crippen LogP contribution in [0.15, 0.2) is 58.8 Å². The molecule has 0 atom stereocenters. The predicted molar refractivity (Wildman–Crippen MR) is 100 cm³/mol. The average Bonchev–Trinajstić information content (AvgIpc) is 3.07. The molecule has 1 N–H and O–H groups in total. The number of amides is 1. The minimum absolute atomic E-state index is 0.101. The molecule has 3 rings (SSSR count). The number of oxime groups is 1. The summed E-state index contributed by atoms with van der Waals surface area (Å²) >= 11 is 0. The van der Waals surface area contributed by atoms with Gasteiger partial charge >= 0.3 is 0 Å². The first-order valence-corrected chi connectivity index (χ1v) is 8.40. The molecule has 0 unspecified atom stereocenters. The summed E-state index contributed by atoms with van der Waals surface area (Å²) in [7, 11) is 0. The van der Waals surface area contributed by atoms with Gasteiger partial charge in [-0.1, -0.05) is 35.0 Å². The minimum Gasteiger partial charge on any atom is -0.488 e. The summed E-state index contributed by atoms with van der Waals surface area (Å²) in [5.74, 6) is 0.612. The van der Waals surface area contributed by atoms with Crippen molar-refractivity contribution in [3.05, 3.63) is 65.2 Å². The zero-order chi connectivity index (χ0) is 18.4. The lowest BCUT2D eigenvalue weighted by atomic mass is 10.1. The molecular weight excluding hydrogens is 330 g/mol. The fourth-order valence-corrected chi connectivity index (χ4v) is 2.39. The van der Waals surface area contributed by atoms with Gasteiger partial charge in [0.05, 0.1) is 17.8 Å². The highest BCUT2D eigenvalue weighted by atomic mass is 16.6. The number of aryl methyl sites for hydroxylation is 1. The molecule has 0 radical (unpaired) electrons. The van der Waals surface area contributed by atoms with Gasteiger partial charge in [0.1, 0.15) is 19.0 Å². The number of nitrogens with zero attached hydrogens (tertiary/aromatic N) is 2. The monoisotopic (exact) mass is 351 g/mol. The van der Waals surface area contributed by atoms with E-state index >= 15 is 0 Å². The molecule has 6 nitrogen and oxygen atoms in total. The van der Waals surface area contributed by atoms with Gasteiger partial charge in [-0.3, -0.25) is 4.79 Å². The van der Waals surface area contributed by atoms with Gasteiger partial charge in [0.2, 0.25) is 5.91 Å². The fourth-order valence-electron chi connectivity index (χ4n) is 2.39. The van der Waals surface area contributed by atoms with Crippen molar-refractivity contribution in [2.45, 2.75) is 26.9 Å². The SMILES string of the molecule is C/C(=N\OCc1ccc(C)cc1)c1ccc(OCC2=NNC(=O)C2)cc1. The summed E-state index contributed by atoms with van der Waals surface area (Å²) in [6.07, 6.45) is 0.294. The Morgan fingerprint density at radius 1 is 1.12 bits per heavy atom. The lowest BCUT2D eigenvalue weighted by molar-refractivity contribution is -0.119. The minimum atomic E-state index is -0.101. The van der Waals surface area contributed by atoms with Gasteiger partial charge in [-0.15, -0.1) is 0 Å². The predicted octanol–water partition coefficient (Wildman–Crippen LogP) is 3.19. The van der Waals surface area contributed by atoms with E-state index < -0.39 is 0 Å². The second-order valence-corrected chi connectivity index (χ2v) is 6.14. The first-order chi connectivity index (χ1) is 12.6. The summed E-state index contributed by atoms with van der Waals surface area (Å²) in [6, 6.07) is 15.7. The summed E-state index contributed by atoms with van der Waals surface area (Å²) in [5, 5.41) is 8.07. The number of rotatable bonds is 7. The van der Waals surface area contributed by atoms with E-state index in [2.05, 4.69) is 34.7 Å². The van der Waals surface area contributed by atoms with E-state index in [-0.39, 0.29) is 5.91 Å². The van der Waals surface area contributed by atoms with Crippen LogP contribution in [-0.4, -0.2) is 23.9 Å². The third-order valence-corrected chi connectivity index (χ3v) is 3.93. The summed E-state index contributed by atoms with van der Waals surface area (Å²) in [6.45, 7) is 4.69. The normalized spacial score (nSPS) is 14.0. The third kappa shape index (κ3) is 4.92. The summed E-state index contributed by atoms with van der Waals surface area (Å²) < 4.78 is 5.63. The molecule has 0 saturated carbocycles. The molecular formula is C20H21N3O3. The van der Waals surface area contributed by atoms with Crippen LogP contribution >= 0.6 is 0 Å². The molecule has 2 aromatic rings. The van der Waals surface area contributed by atoms with E-state index in [0.717, 1.165) is 16.8 Å². The number of ether oxygens (including phenoxy) is 1. The van der Waals surface area contributed by atoms with Crippen LogP contribution in [0.25, 0.3) is 0 Å². The van der Waals surface area contributed by atoms with Gasteiger partial charge in [-0.2, -0.15) is 5.10 Å². The molecule has 0 aliphatic carbocycles. The number of hydrazone groups is 1. The molecule has 6 heteroatoms. The molecule has 1 aliphatic heterocycles. The van der Waals surface area contributed by atoms with Gasteiger partial charge in [-0.25, -0.2) is 5.43 Å². The molecule has 26 heavy (non-hydrogen) atoms. The Morgan fingerprint density at radius 3 is 2.50 bits per heavy atom.